The Hall–Kier alpha value is -3.65. The van der Waals surface area contributed by atoms with Crippen molar-refractivity contribution < 1.29 is 0 Å². The fraction of sp³-hybridized carbons (Fsp3) is 0.387. The van der Waals surface area contributed by atoms with E-state index in [1.54, 1.807) is 6.20 Å². The summed E-state index contributed by atoms with van der Waals surface area (Å²) in [5, 5.41) is 9.68. The monoisotopic (exact) mass is 475 g/mol. The number of rotatable bonds is 3. The van der Waals surface area contributed by atoms with E-state index in [0.717, 1.165) is 30.2 Å². The third-order valence-electron chi connectivity index (χ3n) is 9.03. The number of nitrogens with zero attached hydrogens (tertiary/aromatic N) is 5. The Kier molecular flexibility index (Phi) is 4.56. The summed E-state index contributed by atoms with van der Waals surface area (Å²) in [6.45, 7) is 18.3. The molecule has 1 aliphatic carbocycles. The number of fused-ring (bicyclic) bond motifs is 8. The van der Waals surface area contributed by atoms with Crippen LogP contribution in [0, 0.1) is 23.7 Å². The van der Waals surface area contributed by atoms with Gasteiger partial charge in [-0.05, 0) is 54.0 Å². The maximum atomic E-state index is 9.68. The minimum atomic E-state index is -0.164. The van der Waals surface area contributed by atoms with E-state index in [9.17, 15) is 5.26 Å². The van der Waals surface area contributed by atoms with E-state index in [0.29, 0.717) is 5.69 Å². The predicted octanol–water partition coefficient (Wildman–Crippen LogP) is 7.20. The molecule has 1 saturated carbocycles. The van der Waals surface area contributed by atoms with Crippen LogP contribution in [0.3, 0.4) is 0 Å². The van der Waals surface area contributed by atoms with Gasteiger partial charge in [-0.1, -0.05) is 77.1 Å². The SMILES string of the molecule is C=C1C2(CC)c3cc(C(C)(C)C)ccc3N3c4ncc(C#N)nc4N(c4ccccc4C)C3C12CC. The molecule has 1 fully saturated rings. The second kappa shape index (κ2) is 7.20. The highest BCUT2D eigenvalue weighted by Gasteiger charge is 2.79. The number of para-hydroxylation sites is 1. The summed E-state index contributed by atoms with van der Waals surface area (Å²) < 4.78 is 0. The molecule has 3 aromatic rings. The molecule has 0 radical (unpaired) electrons. The quantitative estimate of drug-likeness (QED) is 0.375. The third-order valence-corrected chi connectivity index (χ3v) is 9.03. The minimum absolute atomic E-state index is 0.0452. The molecule has 5 heteroatoms. The molecule has 1 aromatic heterocycles. The lowest BCUT2D eigenvalue weighted by molar-refractivity contribution is 0.314. The first kappa shape index (κ1) is 22.8. The van der Waals surface area contributed by atoms with Gasteiger partial charge in [-0.2, -0.15) is 5.26 Å². The zero-order valence-corrected chi connectivity index (χ0v) is 22.1. The molecule has 0 spiro atoms. The van der Waals surface area contributed by atoms with Crippen molar-refractivity contribution in [3.8, 4) is 6.07 Å². The lowest BCUT2D eigenvalue weighted by atomic mass is 9.74. The number of benzene rings is 2. The van der Waals surface area contributed by atoms with Gasteiger partial charge in [0, 0.05) is 22.2 Å². The van der Waals surface area contributed by atoms with E-state index < -0.39 is 0 Å². The molecule has 6 rings (SSSR count). The smallest absolute Gasteiger partial charge is 0.180 e. The average Bonchev–Trinajstić information content (AvgIpc) is 3.26. The second-order valence-electron chi connectivity index (χ2n) is 11.5. The van der Waals surface area contributed by atoms with Crippen molar-refractivity contribution in [2.24, 2.45) is 5.41 Å². The van der Waals surface area contributed by atoms with Crippen molar-refractivity contribution in [2.75, 3.05) is 9.80 Å². The zero-order chi connectivity index (χ0) is 25.6. The molecule has 0 N–H and O–H groups in total. The summed E-state index contributed by atoms with van der Waals surface area (Å²) in [4.78, 5) is 14.4. The molecule has 0 bridgehead atoms. The van der Waals surface area contributed by atoms with Crippen LogP contribution in [-0.4, -0.2) is 16.1 Å². The molecule has 2 aliphatic heterocycles. The third kappa shape index (κ3) is 2.50. The van der Waals surface area contributed by atoms with E-state index in [4.69, 9.17) is 16.5 Å². The van der Waals surface area contributed by atoms with Gasteiger partial charge in [0.15, 0.2) is 17.3 Å². The average molecular weight is 476 g/mol. The van der Waals surface area contributed by atoms with Crippen LogP contribution in [0.1, 0.15) is 69.8 Å². The Morgan fingerprint density at radius 3 is 2.39 bits per heavy atom. The van der Waals surface area contributed by atoms with Crippen molar-refractivity contribution in [1.29, 1.82) is 5.26 Å². The molecule has 0 saturated heterocycles. The molecule has 36 heavy (non-hydrogen) atoms. The number of nitriles is 1. The summed E-state index contributed by atoms with van der Waals surface area (Å²) in [5.74, 6) is 1.56. The minimum Gasteiger partial charge on any atom is -0.301 e. The normalized spacial score (nSPS) is 25.6. The summed E-state index contributed by atoms with van der Waals surface area (Å²) in [6, 6.07) is 17.6. The van der Waals surface area contributed by atoms with Crippen LogP contribution in [0.2, 0.25) is 0 Å². The Morgan fingerprint density at radius 1 is 1.03 bits per heavy atom. The number of aromatic nitrogens is 2. The van der Waals surface area contributed by atoms with Crippen molar-refractivity contribution in [2.45, 2.75) is 71.4 Å². The van der Waals surface area contributed by atoms with Crippen LogP contribution in [0.4, 0.5) is 23.0 Å². The van der Waals surface area contributed by atoms with E-state index in [1.165, 1.54) is 28.0 Å². The molecule has 2 aromatic carbocycles. The molecule has 3 unspecified atom stereocenters. The van der Waals surface area contributed by atoms with Gasteiger partial charge in [0.05, 0.1) is 6.20 Å². The summed E-state index contributed by atoms with van der Waals surface area (Å²) in [6.07, 6.45) is 3.50. The van der Waals surface area contributed by atoms with Crippen LogP contribution in [0.5, 0.6) is 0 Å². The van der Waals surface area contributed by atoms with E-state index in [2.05, 4.69) is 99.9 Å². The molecule has 5 nitrogen and oxygen atoms in total. The van der Waals surface area contributed by atoms with Gasteiger partial charge in [-0.15, -0.1) is 0 Å². The standard InChI is InChI=1S/C31H33N5/c1-8-30-20(4)31(30,9-2)28-35(24-13-11-10-12-19(24)3)27-26(33-18-22(17-32)34-27)36(28)25-15-14-21(16-23(25)30)29(5,6)7/h10-16,18,28H,4,8-9H2,1-3,5-7H3. The van der Waals surface area contributed by atoms with Gasteiger partial charge < -0.3 is 9.80 Å². The fourth-order valence-electron chi connectivity index (χ4n) is 7.24. The van der Waals surface area contributed by atoms with Gasteiger partial charge in [0.25, 0.3) is 0 Å². The van der Waals surface area contributed by atoms with Crippen molar-refractivity contribution in [3.05, 3.63) is 83.2 Å². The van der Waals surface area contributed by atoms with Crippen LogP contribution in [0.15, 0.2) is 60.8 Å². The highest BCUT2D eigenvalue weighted by atomic mass is 15.5. The van der Waals surface area contributed by atoms with Crippen LogP contribution in [0.25, 0.3) is 0 Å². The van der Waals surface area contributed by atoms with Gasteiger partial charge in [0.2, 0.25) is 0 Å². The van der Waals surface area contributed by atoms with Crippen LogP contribution in [-0.2, 0) is 10.8 Å². The number of anilines is 4. The Balaban J connectivity index is 1.71. The topological polar surface area (TPSA) is 56.1 Å². The molecule has 0 amide bonds. The van der Waals surface area contributed by atoms with Gasteiger partial charge >= 0.3 is 0 Å². The fourth-order valence-corrected chi connectivity index (χ4v) is 7.24. The van der Waals surface area contributed by atoms with Crippen molar-refractivity contribution >= 4 is 23.0 Å². The van der Waals surface area contributed by atoms with Crippen LogP contribution < -0.4 is 9.80 Å². The van der Waals surface area contributed by atoms with Gasteiger partial charge in [0.1, 0.15) is 12.2 Å². The predicted molar refractivity (Wildman–Crippen MR) is 145 cm³/mol. The number of hydrogen-bond donors (Lipinski definition) is 0. The molecular formula is C31H33N5. The molecule has 3 heterocycles. The highest BCUT2D eigenvalue weighted by Crippen LogP contribution is 2.80. The Morgan fingerprint density at radius 2 is 1.75 bits per heavy atom. The van der Waals surface area contributed by atoms with E-state index >= 15 is 0 Å². The largest absolute Gasteiger partial charge is 0.301 e. The zero-order valence-electron chi connectivity index (χ0n) is 22.1. The molecule has 3 atom stereocenters. The number of aryl methyl sites for hydroxylation is 1. The molecule has 3 aliphatic rings. The van der Waals surface area contributed by atoms with Crippen LogP contribution >= 0.6 is 0 Å². The Labute approximate surface area is 214 Å². The lowest BCUT2D eigenvalue weighted by Crippen LogP contribution is -2.52. The Bertz CT molecular complexity index is 1480. The number of hydrogen-bond acceptors (Lipinski definition) is 5. The lowest BCUT2D eigenvalue weighted by Gasteiger charge is -2.46. The van der Waals surface area contributed by atoms with E-state index in [-0.39, 0.29) is 22.4 Å². The molecular weight excluding hydrogens is 442 g/mol. The summed E-state index contributed by atoms with van der Waals surface area (Å²) in [7, 11) is 0. The highest BCUT2D eigenvalue weighted by molar-refractivity contribution is 5.91. The second-order valence-corrected chi connectivity index (χ2v) is 11.5. The van der Waals surface area contributed by atoms with Crippen molar-refractivity contribution in [3.63, 3.8) is 0 Å². The van der Waals surface area contributed by atoms with Gasteiger partial charge in [-0.25, -0.2) is 9.97 Å². The first-order valence-corrected chi connectivity index (χ1v) is 12.9. The maximum absolute atomic E-state index is 9.68. The van der Waals surface area contributed by atoms with Crippen molar-refractivity contribution in [1.82, 2.24) is 9.97 Å². The first-order chi connectivity index (χ1) is 17.2. The summed E-state index contributed by atoms with van der Waals surface area (Å²) >= 11 is 0. The first-order valence-electron chi connectivity index (χ1n) is 12.9. The van der Waals surface area contributed by atoms with Gasteiger partial charge in [-0.3, -0.25) is 0 Å². The maximum Gasteiger partial charge on any atom is 0.180 e. The molecule has 182 valence electrons. The van der Waals surface area contributed by atoms with E-state index in [1.807, 2.05) is 0 Å². The summed E-state index contributed by atoms with van der Waals surface area (Å²) in [5.41, 5.74) is 7.53.